The summed E-state index contributed by atoms with van der Waals surface area (Å²) in [5.74, 6) is -19.1. The average molecular weight is 354 g/mol. The van der Waals surface area contributed by atoms with Gasteiger partial charge in [-0.1, -0.05) is 0 Å². The van der Waals surface area contributed by atoms with Gasteiger partial charge in [0.1, 0.15) is 0 Å². The summed E-state index contributed by atoms with van der Waals surface area (Å²) in [7, 11) is 0. The zero-order valence-electron chi connectivity index (χ0n) is 11.0. The highest BCUT2D eigenvalue weighted by molar-refractivity contribution is 5.81. The fourth-order valence-corrected chi connectivity index (χ4v) is 1.94. The third kappa shape index (κ3) is 2.25. The molecule has 2 aromatic rings. The summed E-state index contributed by atoms with van der Waals surface area (Å²) in [5.41, 5.74) is -7.67. The molecular formula is C14H2F8O2. The summed E-state index contributed by atoms with van der Waals surface area (Å²) in [6.45, 7) is 0. The van der Waals surface area contributed by atoms with E-state index in [1.807, 2.05) is 0 Å². The second kappa shape index (κ2) is 6.02. The Labute approximate surface area is 127 Å². The largest absolute Gasteiger partial charge is 0.298 e. The normalized spacial score (nSPS) is 10.8. The van der Waals surface area contributed by atoms with E-state index in [1.165, 1.54) is 0 Å². The zero-order chi connectivity index (χ0) is 18.3. The van der Waals surface area contributed by atoms with E-state index in [-0.39, 0.29) is 0 Å². The van der Waals surface area contributed by atoms with Crippen molar-refractivity contribution in [2.24, 2.45) is 0 Å². The summed E-state index contributed by atoms with van der Waals surface area (Å²) >= 11 is 0. The number of carbonyl (C=O) groups is 2. The Kier molecular flexibility index (Phi) is 4.41. The van der Waals surface area contributed by atoms with Crippen LogP contribution in [0, 0.1) is 46.5 Å². The van der Waals surface area contributed by atoms with Gasteiger partial charge in [0.05, 0.1) is 22.3 Å². The van der Waals surface area contributed by atoms with Gasteiger partial charge in [-0.05, 0) is 0 Å². The van der Waals surface area contributed by atoms with Crippen LogP contribution >= 0.6 is 0 Å². The van der Waals surface area contributed by atoms with Crippen LogP contribution in [0.3, 0.4) is 0 Å². The molecule has 0 aliphatic rings. The Morgan fingerprint density at radius 3 is 0.792 bits per heavy atom. The van der Waals surface area contributed by atoms with Crippen molar-refractivity contribution in [3.05, 3.63) is 57.7 Å². The maximum atomic E-state index is 13.8. The summed E-state index contributed by atoms with van der Waals surface area (Å²) in [5, 5.41) is 0. The lowest BCUT2D eigenvalue weighted by Gasteiger charge is -2.13. The van der Waals surface area contributed by atoms with Crippen LogP contribution in [0.2, 0.25) is 0 Å². The molecule has 0 spiro atoms. The van der Waals surface area contributed by atoms with Gasteiger partial charge in [0.2, 0.25) is 0 Å². The number of rotatable bonds is 3. The number of hydrogen-bond donors (Lipinski definition) is 0. The standard InChI is InChI=1S/C14H2F8O2/c15-7-3(1-23)8(16)12(20)5(11(7)19)6-13(21)9(17)4(2-24)10(18)14(6)22/h1-2H. The van der Waals surface area contributed by atoms with Gasteiger partial charge in [-0.3, -0.25) is 9.59 Å². The van der Waals surface area contributed by atoms with Crippen molar-refractivity contribution in [2.75, 3.05) is 0 Å². The van der Waals surface area contributed by atoms with E-state index in [1.54, 1.807) is 0 Å². The highest BCUT2D eigenvalue weighted by Gasteiger charge is 2.33. The van der Waals surface area contributed by atoms with Crippen molar-refractivity contribution in [1.29, 1.82) is 0 Å². The van der Waals surface area contributed by atoms with Crippen molar-refractivity contribution in [3.8, 4) is 11.1 Å². The van der Waals surface area contributed by atoms with Crippen LogP contribution < -0.4 is 0 Å². The quantitative estimate of drug-likeness (QED) is 0.473. The van der Waals surface area contributed by atoms with E-state index in [0.29, 0.717) is 0 Å². The van der Waals surface area contributed by atoms with Gasteiger partial charge >= 0.3 is 0 Å². The minimum Gasteiger partial charge on any atom is -0.298 e. The second-order valence-corrected chi connectivity index (χ2v) is 4.32. The fraction of sp³-hybridized carbons (Fsp3) is 0. The lowest BCUT2D eigenvalue weighted by atomic mass is 9.98. The van der Waals surface area contributed by atoms with Crippen LogP contribution in [-0.4, -0.2) is 12.6 Å². The average Bonchev–Trinajstić information content (AvgIpc) is 2.55. The Bertz CT molecular complexity index is 760. The SMILES string of the molecule is O=Cc1c(F)c(F)c(-c2c(F)c(F)c(C=O)c(F)c2F)c(F)c1F. The summed E-state index contributed by atoms with van der Waals surface area (Å²) in [4.78, 5) is 20.8. The Morgan fingerprint density at radius 2 is 0.625 bits per heavy atom. The van der Waals surface area contributed by atoms with Crippen LogP contribution in [0.5, 0.6) is 0 Å². The molecule has 0 saturated heterocycles. The van der Waals surface area contributed by atoms with Gasteiger partial charge in [-0.25, -0.2) is 35.1 Å². The van der Waals surface area contributed by atoms with Crippen molar-refractivity contribution in [3.63, 3.8) is 0 Å². The van der Waals surface area contributed by atoms with E-state index >= 15 is 0 Å². The highest BCUT2D eigenvalue weighted by Crippen LogP contribution is 2.37. The maximum Gasteiger partial charge on any atom is 0.173 e. The first-order chi connectivity index (χ1) is 11.2. The predicted molar refractivity (Wildman–Crippen MR) is 62.3 cm³/mol. The molecule has 0 aromatic heterocycles. The molecule has 2 rings (SSSR count). The van der Waals surface area contributed by atoms with Gasteiger partial charge in [0, 0.05) is 0 Å². The molecule has 0 atom stereocenters. The topological polar surface area (TPSA) is 34.1 Å². The summed E-state index contributed by atoms with van der Waals surface area (Å²) < 4.78 is 109. The number of aldehydes is 2. The van der Waals surface area contributed by atoms with E-state index in [2.05, 4.69) is 0 Å². The van der Waals surface area contributed by atoms with Crippen LogP contribution in [0.1, 0.15) is 20.7 Å². The predicted octanol–water partition coefficient (Wildman–Crippen LogP) is 4.09. The molecule has 0 amide bonds. The van der Waals surface area contributed by atoms with Gasteiger partial charge < -0.3 is 0 Å². The van der Waals surface area contributed by atoms with Crippen molar-refractivity contribution < 1.29 is 44.7 Å². The maximum absolute atomic E-state index is 13.8. The molecule has 0 aliphatic heterocycles. The van der Waals surface area contributed by atoms with E-state index < -0.39 is 81.4 Å². The third-order valence-corrected chi connectivity index (χ3v) is 3.08. The number of hydrogen-bond acceptors (Lipinski definition) is 2. The van der Waals surface area contributed by atoms with Gasteiger partial charge in [0.15, 0.2) is 59.1 Å². The lowest BCUT2D eigenvalue weighted by molar-refractivity contribution is 0.110. The Balaban J connectivity index is 3.04. The molecule has 0 saturated carbocycles. The smallest absolute Gasteiger partial charge is 0.173 e. The van der Waals surface area contributed by atoms with Crippen LogP contribution in [0.15, 0.2) is 0 Å². The molecule has 2 aromatic carbocycles. The number of halogens is 8. The monoisotopic (exact) mass is 354 g/mol. The fourth-order valence-electron chi connectivity index (χ4n) is 1.94. The first-order valence-electron chi connectivity index (χ1n) is 5.81. The van der Waals surface area contributed by atoms with Gasteiger partial charge in [0.25, 0.3) is 0 Å². The van der Waals surface area contributed by atoms with E-state index in [4.69, 9.17) is 0 Å². The van der Waals surface area contributed by atoms with Gasteiger partial charge in [-0.15, -0.1) is 0 Å². The molecule has 24 heavy (non-hydrogen) atoms. The molecule has 0 fully saturated rings. The third-order valence-electron chi connectivity index (χ3n) is 3.08. The molecule has 0 heterocycles. The highest BCUT2D eigenvalue weighted by atomic mass is 19.2. The molecule has 0 N–H and O–H groups in total. The zero-order valence-corrected chi connectivity index (χ0v) is 11.0. The minimum atomic E-state index is -2.45. The molecular weight excluding hydrogens is 352 g/mol. The second-order valence-electron chi connectivity index (χ2n) is 4.32. The Morgan fingerprint density at radius 1 is 0.417 bits per heavy atom. The molecule has 126 valence electrons. The molecule has 0 aliphatic carbocycles. The molecule has 0 radical (unpaired) electrons. The molecule has 10 heteroatoms. The Hall–Kier alpha value is -2.78. The van der Waals surface area contributed by atoms with Crippen molar-refractivity contribution >= 4 is 12.6 Å². The first kappa shape index (κ1) is 17.6. The number of carbonyl (C=O) groups excluding carboxylic acids is 2. The van der Waals surface area contributed by atoms with Crippen molar-refractivity contribution in [2.45, 2.75) is 0 Å². The van der Waals surface area contributed by atoms with E-state index in [0.717, 1.165) is 0 Å². The van der Waals surface area contributed by atoms with Crippen molar-refractivity contribution in [1.82, 2.24) is 0 Å². The molecule has 0 unspecified atom stereocenters. The summed E-state index contributed by atoms with van der Waals surface area (Å²) in [6.07, 6.45) is -1.21. The van der Waals surface area contributed by atoms with E-state index in [9.17, 15) is 44.7 Å². The van der Waals surface area contributed by atoms with Gasteiger partial charge in [-0.2, -0.15) is 0 Å². The van der Waals surface area contributed by atoms with Crippen LogP contribution in [0.25, 0.3) is 11.1 Å². The van der Waals surface area contributed by atoms with Crippen LogP contribution in [0.4, 0.5) is 35.1 Å². The lowest BCUT2D eigenvalue weighted by Crippen LogP contribution is -2.11. The molecule has 0 bridgehead atoms. The van der Waals surface area contributed by atoms with Crippen LogP contribution in [-0.2, 0) is 0 Å². The first-order valence-corrected chi connectivity index (χ1v) is 5.81. The molecule has 2 nitrogen and oxygen atoms in total. The number of benzene rings is 2. The summed E-state index contributed by atoms with van der Waals surface area (Å²) in [6, 6.07) is 0. The minimum absolute atomic E-state index is 0.607.